The van der Waals surface area contributed by atoms with Crippen LogP contribution in [0.4, 0.5) is 0 Å². The lowest BCUT2D eigenvalue weighted by atomic mass is 9.99. The number of unbranched alkanes of at least 4 members (excludes halogenated alkanes) is 2. The molecule has 1 heterocycles. The van der Waals surface area contributed by atoms with Crippen molar-refractivity contribution >= 4 is 12.0 Å². The molecule has 0 aliphatic carbocycles. The Morgan fingerprint density at radius 2 is 1.93 bits per heavy atom. The van der Waals surface area contributed by atoms with Crippen molar-refractivity contribution in [3.8, 4) is 0 Å². The average molecular weight is 380 g/mol. The van der Waals surface area contributed by atoms with Gasteiger partial charge >= 0.3 is 5.97 Å². The fourth-order valence-electron chi connectivity index (χ4n) is 2.77. The van der Waals surface area contributed by atoms with Gasteiger partial charge in [-0.15, -0.1) is 0 Å². The van der Waals surface area contributed by atoms with E-state index in [4.69, 9.17) is 14.2 Å². The Kier molecular flexibility index (Phi) is 8.90. The second-order valence-electron chi connectivity index (χ2n) is 6.43. The summed E-state index contributed by atoms with van der Waals surface area (Å²) >= 11 is 0. The minimum absolute atomic E-state index is 0.355. The van der Waals surface area contributed by atoms with Gasteiger partial charge in [-0.3, -0.25) is 0 Å². The van der Waals surface area contributed by atoms with E-state index in [0.717, 1.165) is 24.8 Å². The van der Waals surface area contributed by atoms with E-state index in [1.807, 2.05) is 30.3 Å². The Bertz CT molecular complexity index is 589. The van der Waals surface area contributed by atoms with Gasteiger partial charge in [-0.05, 0) is 18.1 Å². The van der Waals surface area contributed by atoms with Gasteiger partial charge in [0.25, 0.3) is 0 Å². The summed E-state index contributed by atoms with van der Waals surface area (Å²) in [6.07, 6.45) is -0.502. The van der Waals surface area contributed by atoms with Crippen LogP contribution in [0, 0.1) is 0 Å². The molecule has 0 radical (unpaired) electrons. The standard InChI is InChI=1S/C20H28O7/c1-2-3-7-12-25-20-19(18(24)17(23)15(13-21)26-20)27-16(22)11-10-14-8-5-4-6-9-14/h4-6,8-11,15,17-21,23-24H,2-3,7,12-13H2,1H3/t15-,17-,18+,19-,20-/m1/s1. The summed E-state index contributed by atoms with van der Waals surface area (Å²) in [4.78, 5) is 12.1. The second kappa shape index (κ2) is 11.2. The van der Waals surface area contributed by atoms with Crippen LogP contribution in [0.3, 0.4) is 0 Å². The number of hydrogen-bond acceptors (Lipinski definition) is 7. The van der Waals surface area contributed by atoms with Crippen molar-refractivity contribution in [2.45, 2.75) is 56.9 Å². The Morgan fingerprint density at radius 3 is 2.59 bits per heavy atom. The van der Waals surface area contributed by atoms with E-state index in [1.165, 1.54) is 6.08 Å². The molecule has 1 saturated heterocycles. The van der Waals surface area contributed by atoms with Crippen LogP contribution in [-0.2, 0) is 19.0 Å². The number of rotatable bonds is 9. The van der Waals surface area contributed by atoms with Gasteiger partial charge in [0.1, 0.15) is 18.3 Å². The van der Waals surface area contributed by atoms with Gasteiger partial charge in [-0.1, -0.05) is 50.1 Å². The molecule has 3 N–H and O–H groups in total. The van der Waals surface area contributed by atoms with Crippen LogP contribution in [0.2, 0.25) is 0 Å². The van der Waals surface area contributed by atoms with Crippen LogP contribution < -0.4 is 0 Å². The number of ether oxygens (including phenoxy) is 3. The zero-order valence-electron chi connectivity index (χ0n) is 15.4. The maximum Gasteiger partial charge on any atom is 0.331 e. The summed E-state index contributed by atoms with van der Waals surface area (Å²) < 4.78 is 16.4. The lowest BCUT2D eigenvalue weighted by Crippen LogP contribution is -2.60. The number of benzene rings is 1. The highest BCUT2D eigenvalue weighted by Crippen LogP contribution is 2.25. The Hall–Kier alpha value is -1.77. The van der Waals surface area contributed by atoms with E-state index in [-0.39, 0.29) is 0 Å². The van der Waals surface area contributed by atoms with E-state index in [2.05, 4.69) is 6.92 Å². The highest BCUT2D eigenvalue weighted by atomic mass is 16.7. The molecule has 0 spiro atoms. The molecule has 7 nitrogen and oxygen atoms in total. The minimum atomic E-state index is -1.43. The molecular weight excluding hydrogens is 352 g/mol. The molecule has 0 amide bonds. The van der Waals surface area contributed by atoms with Crippen LogP contribution in [-0.4, -0.2) is 65.2 Å². The Morgan fingerprint density at radius 1 is 1.19 bits per heavy atom. The van der Waals surface area contributed by atoms with Crippen LogP contribution in [0.25, 0.3) is 6.08 Å². The van der Waals surface area contributed by atoms with Gasteiger partial charge in [0.15, 0.2) is 12.4 Å². The third-order valence-corrected chi connectivity index (χ3v) is 4.32. The molecule has 0 aromatic heterocycles. The lowest BCUT2D eigenvalue weighted by Gasteiger charge is -2.41. The summed E-state index contributed by atoms with van der Waals surface area (Å²) in [6, 6.07) is 9.21. The number of aliphatic hydroxyl groups excluding tert-OH is 3. The van der Waals surface area contributed by atoms with Crippen molar-refractivity contribution in [3.05, 3.63) is 42.0 Å². The SMILES string of the molecule is CCCCCO[C@@H]1O[C@H](CO)[C@@H](O)[C@H](O)[C@H]1OC(=O)C=Cc1ccccc1. The molecule has 7 heteroatoms. The van der Waals surface area contributed by atoms with E-state index in [0.29, 0.717) is 6.61 Å². The van der Waals surface area contributed by atoms with E-state index >= 15 is 0 Å². The van der Waals surface area contributed by atoms with E-state index in [1.54, 1.807) is 6.08 Å². The van der Waals surface area contributed by atoms with Crippen LogP contribution in [0.5, 0.6) is 0 Å². The highest BCUT2D eigenvalue weighted by Gasteiger charge is 2.46. The Balaban J connectivity index is 2.01. The van der Waals surface area contributed by atoms with Crippen molar-refractivity contribution < 1.29 is 34.3 Å². The molecule has 0 bridgehead atoms. The molecule has 1 aliphatic heterocycles. The number of carbonyl (C=O) groups excluding carboxylic acids is 1. The Labute approximate surface area is 159 Å². The van der Waals surface area contributed by atoms with Crippen molar-refractivity contribution in [3.63, 3.8) is 0 Å². The summed E-state index contributed by atoms with van der Waals surface area (Å²) in [5, 5.41) is 29.7. The number of hydrogen-bond donors (Lipinski definition) is 3. The van der Waals surface area contributed by atoms with Crippen molar-refractivity contribution in [2.24, 2.45) is 0 Å². The summed E-state index contributed by atoms with van der Waals surface area (Å²) in [7, 11) is 0. The highest BCUT2D eigenvalue weighted by molar-refractivity contribution is 5.87. The molecule has 1 aliphatic rings. The molecule has 1 aromatic rings. The van der Waals surface area contributed by atoms with E-state index < -0.39 is 43.3 Å². The van der Waals surface area contributed by atoms with E-state index in [9.17, 15) is 20.1 Å². The van der Waals surface area contributed by atoms with Gasteiger partial charge in [0.05, 0.1) is 6.61 Å². The third kappa shape index (κ3) is 6.41. The fraction of sp³-hybridized carbons (Fsp3) is 0.550. The van der Waals surface area contributed by atoms with Gasteiger partial charge < -0.3 is 29.5 Å². The predicted molar refractivity (Wildman–Crippen MR) is 98.6 cm³/mol. The molecule has 150 valence electrons. The fourth-order valence-corrected chi connectivity index (χ4v) is 2.77. The van der Waals surface area contributed by atoms with Gasteiger partial charge in [-0.25, -0.2) is 4.79 Å². The molecule has 27 heavy (non-hydrogen) atoms. The zero-order valence-corrected chi connectivity index (χ0v) is 15.4. The van der Waals surface area contributed by atoms with Crippen molar-refractivity contribution in [2.75, 3.05) is 13.2 Å². The first-order valence-electron chi connectivity index (χ1n) is 9.24. The molecule has 0 unspecified atom stereocenters. The molecule has 0 saturated carbocycles. The maximum atomic E-state index is 12.1. The second-order valence-corrected chi connectivity index (χ2v) is 6.43. The predicted octanol–water partition coefficient (Wildman–Crippen LogP) is 1.26. The summed E-state index contributed by atoms with van der Waals surface area (Å²) in [5.74, 6) is -0.691. The largest absolute Gasteiger partial charge is 0.451 e. The third-order valence-electron chi connectivity index (χ3n) is 4.32. The number of esters is 1. The maximum absolute atomic E-state index is 12.1. The monoisotopic (exact) mass is 380 g/mol. The smallest absolute Gasteiger partial charge is 0.331 e. The quantitative estimate of drug-likeness (QED) is 0.336. The molecule has 1 aromatic carbocycles. The normalized spacial score (nSPS) is 28.4. The topological polar surface area (TPSA) is 105 Å². The van der Waals surface area contributed by atoms with Gasteiger partial charge in [-0.2, -0.15) is 0 Å². The first kappa shape index (κ1) is 21.5. The van der Waals surface area contributed by atoms with Gasteiger partial charge in [0, 0.05) is 12.7 Å². The summed E-state index contributed by atoms with van der Waals surface area (Å²) in [5.41, 5.74) is 0.822. The minimum Gasteiger partial charge on any atom is -0.451 e. The van der Waals surface area contributed by atoms with Crippen LogP contribution >= 0.6 is 0 Å². The van der Waals surface area contributed by atoms with Gasteiger partial charge in [0.2, 0.25) is 0 Å². The first-order valence-corrected chi connectivity index (χ1v) is 9.24. The molecular formula is C20H28O7. The van der Waals surface area contributed by atoms with Crippen molar-refractivity contribution in [1.29, 1.82) is 0 Å². The number of aliphatic hydroxyl groups is 3. The molecule has 5 atom stereocenters. The molecule has 1 fully saturated rings. The summed E-state index contributed by atoms with van der Waals surface area (Å²) in [6.45, 7) is 1.93. The van der Waals surface area contributed by atoms with Crippen molar-refractivity contribution in [1.82, 2.24) is 0 Å². The average Bonchev–Trinajstić information content (AvgIpc) is 2.69. The lowest BCUT2D eigenvalue weighted by molar-refractivity contribution is -0.303. The van der Waals surface area contributed by atoms with Crippen LogP contribution in [0.15, 0.2) is 36.4 Å². The van der Waals surface area contributed by atoms with Crippen LogP contribution in [0.1, 0.15) is 31.7 Å². The zero-order chi connectivity index (χ0) is 19.6. The first-order chi connectivity index (χ1) is 13.1. The number of carbonyl (C=O) groups is 1. The molecule has 2 rings (SSSR count).